The molecule has 0 saturated carbocycles. The maximum atomic E-state index is 11.2. The summed E-state index contributed by atoms with van der Waals surface area (Å²) in [7, 11) is 0. The summed E-state index contributed by atoms with van der Waals surface area (Å²) in [6.07, 6.45) is 9.21. The van der Waals surface area contributed by atoms with Crippen LogP contribution in [0, 0.1) is 0 Å². The number of unbranched alkanes of at least 4 members (excludes halogenated alkanes) is 1. The Balaban J connectivity index is -0.000000506. The topological polar surface area (TPSA) is 26.3 Å². The number of hydrogen-bond acceptors (Lipinski definition) is 2. The SMILES string of the molecule is C=C/C=C\C(=C/C)OC(=O)CCCC.CC.CC. The first-order valence-electron chi connectivity index (χ1n) is 6.90. The van der Waals surface area contributed by atoms with Crippen LogP contribution in [0.3, 0.4) is 0 Å². The van der Waals surface area contributed by atoms with Crippen molar-refractivity contribution in [2.24, 2.45) is 0 Å². The van der Waals surface area contributed by atoms with E-state index < -0.39 is 0 Å². The zero-order chi connectivity index (χ0) is 14.8. The molecule has 0 atom stereocenters. The van der Waals surface area contributed by atoms with Crippen molar-refractivity contribution in [3.8, 4) is 0 Å². The molecule has 0 aromatic rings. The van der Waals surface area contributed by atoms with Gasteiger partial charge in [-0.1, -0.05) is 59.8 Å². The third kappa shape index (κ3) is 17.1. The smallest absolute Gasteiger partial charge is 0.311 e. The van der Waals surface area contributed by atoms with Crippen LogP contribution in [0.2, 0.25) is 0 Å². The molecule has 0 aliphatic heterocycles. The first-order valence-corrected chi connectivity index (χ1v) is 6.90. The molecular weight excluding hydrogens is 224 g/mol. The molecule has 2 nitrogen and oxygen atoms in total. The summed E-state index contributed by atoms with van der Waals surface area (Å²) in [6, 6.07) is 0. The summed E-state index contributed by atoms with van der Waals surface area (Å²) in [5.41, 5.74) is 0. The van der Waals surface area contributed by atoms with Gasteiger partial charge < -0.3 is 4.74 Å². The quantitative estimate of drug-likeness (QED) is 0.359. The third-order valence-electron chi connectivity index (χ3n) is 1.65. The second-order valence-electron chi connectivity index (χ2n) is 2.86. The molecule has 0 radical (unpaired) electrons. The summed E-state index contributed by atoms with van der Waals surface area (Å²) in [5.74, 6) is 0.402. The van der Waals surface area contributed by atoms with E-state index in [0.29, 0.717) is 12.2 Å². The fourth-order valence-electron chi connectivity index (χ4n) is 0.856. The average molecular weight is 254 g/mol. The van der Waals surface area contributed by atoms with Crippen molar-refractivity contribution in [2.45, 2.75) is 60.8 Å². The van der Waals surface area contributed by atoms with E-state index >= 15 is 0 Å². The van der Waals surface area contributed by atoms with Crippen LogP contribution in [0.25, 0.3) is 0 Å². The van der Waals surface area contributed by atoms with Crippen LogP contribution in [0.4, 0.5) is 0 Å². The highest BCUT2D eigenvalue weighted by molar-refractivity contribution is 5.70. The van der Waals surface area contributed by atoms with E-state index in [0.717, 1.165) is 12.8 Å². The summed E-state index contributed by atoms with van der Waals surface area (Å²) in [6.45, 7) is 15.4. The highest BCUT2D eigenvalue weighted by atomic mass is 16.5. The zero-order valence-corrected chi connectivity index (χ0v) is 13.0. The van der Waals surface area contributed by atoms with Gasteiger partial charge in [0.25, 0.3) is 0 Å². The van der Waals surface area contributed by atoms with Crippen molar-refractivity contribution >= 4 is 5.97 Å². The van der Waals surface area contributed by atoms with E-state index in [9.17, 15) is 4.79 Å². The van der Waals surface area contributed by atoms with Gasteiger partial charge in [0.15, 0.2) is 0 Å². The number of rotatable bonds is 6. The molecule has 0 rings (SSSR count). The van der Waals surface area contributed by atoms with Gasteiger partial charge in [-0.3, -0.25) is 4.79 Å². The minimum atomic E-state index is -0.173. The van der Waals surface area contributed by atoms with Crippen LogP contribution < -0.4 is 0 Å². The minimum absolute atomic E-state index is 0.173. The van der Waals surface area contributed by atoms with E-state index in [4.69, 9.17) is 4.74 Å². The van der Waals surface area contributed by atoms with Crippen molar-refractivity contribution in [3.63, 3.8) is 0 Å². The normalized spacial score (nSPS) is 9.78. The molecule has 18 heavy (non-hydrogen) atoms. The predicted octanol–water partition coefficient (Wildman–Crippen LogP) is 5.42. The minimum Gasteiger partial charge on any atom is -0.427 e. The number of carbonyl (C=O) groups is 1. The van der Waals surface area contributed by atoms with E-state index in [-0.39, 0.29) is 5.97 Å². The van der Waals surface area contributed by atoms with Crippen LogP contribution in [-0.2, 0) is 9.53 Å². The lowest BCUT2D eigenvalue weighted by Crippen LogP contribution is -2.02. The van der Waals surface area contributed by atoms with Gasteiger partial charge in [-0.05, 0) is 25.5 Å². The maximum Gasteiger partial charge on any atom is 0.311 e. The second kappa shape index (κ2) is 21.0. The van der Waals surface area contributed by atoms with Gasteiger partial charge in [0.1, 0.15) is 5.76 Å². The molecule has 0 N–H and O–H groups in total. The molecular formula is C16H30O2. The Morgan fingerprint density at radius 1 is 1.22 bits per heavy atom. The van der Waals surface area contributed by atoms with Gasteiger partial charge in [-0.25, -0.2) is 0 Å². The molecule has 0 heterocycles. The highest BCUT2D eigenvalue weighted by Gasteiger charge is 2.02. The number of carbonyl (C=O) groups excluding carboxylic acids is 1. The van der Waals surface area contributed by atoms with Crippen LogP contribution in [0.5, 0.6) is 0 Å². The summed E-state index contributed by atoms with van der Waals surface area (Å²) < 4.78 is 5.09. The number of allylic oxidation sites excluding steroid dienone is 4. The fraction of sp³-hybridized carbons (Fsp3) is 0.562. The van der Waals surface area contributed by atoms with Gasteiger partial charge in [-0.2, -0.15) is 0 Å². The van der Waals surface area contributed by atoms with Gasteiger partial charge in [-0.15, -0.1) is 0 Å². The van der Waals surface area contributed by atoms with Gasteiger partial charge in [0.05, 0.1) is 0 Å². The molecule has 2 heteroatoms. The van der Waals surface area contributed by atoms with Crippen LogP contribution in [0.1, 0.15) is 60.8 Å². The van der Waals surface area contributed by atoms with Crippen LogP contribution >= 0.6 is 0 Å². The standard InChI is InChI=1S/C12H18O2.2C2H6/c1-4-7-9-11(6-3)14-12(13)10-8-5-2;2*1-2/h4,6-7,9H,1,5,8,10H2,2-3H3;2*1-2H3/b9-7-,11-6+;;. The molecule has 0 aromatic heterocycles. The van der Waals surface area contributed by atoms with Crippen molar-refractivity contribution < 1.29 is 9.53 Å². The molecule has 106 valence electrons. The summed E-state index contributed by atoms with van der Waals surface area (Å²) in [5, 5.41) is 0. The molecule has 0 fully saturated rings. The molecule has 0 spiro atoms. The van der Waals surface area contributed by atoms with Crippen molar-refractivity contribution in [1.29, 1.82) is 0 Å². The predicted molar refractivity (Wildman–Crippen MR) is 81.4 cm³/mol. The lowest BCUT2D eigenvalue weighted by atomic mass is 10.2. The van der Waals surface area contributed by atoms with E-state index in [1.54, 1.807) is 24.3 Å². The number of esters is 1. The fourth-order valence-corrected chi connectivity index (χ4v) is 0.856. The van der Waals surface area contributed by atoms with Gasteiger partial charge >= 0.3 is 5.97 Å². The van der Waals surface area contributed by atoms with E-state index in [1.165, 1.54) is 0 Å². The molecule has 0 unspecified atom stereocenters. The number of ether oxygens (including phenoxy) is 1. The Hall–Kier alpha value is -1.31. The van der Waals surface area contributed by atoms with E-state index in [2.05, 4.69) is 6.58 Å². The largest absolute Gasteiger partial charge is 0.427 e. The first kappa shape index (κ1) is 21.9. The number of hydrogen-bond donors (Lipinski definition) is 0. The molecule has 0 aromatic carbocycles. The van der Waals surface area contributed by atoms with E-state index in [1.807, 2.05) is 41.5 Å². The Morgan fingerprint density at radius 3 is 2.17 bits per heavy atom. The summed E-state index contributed by atoms with van der Waals surface area (Å²) in [4.78, 5) is 11.2. The molecule has 0 saturated heterocycles. The lowest BCUT2D eigenvalue weighted by Gasteiger charge is -2.03. The second-order valence-corrected chi connectivity index (χ2v) is 2.86. The summed E-state index contributed by atoms with van der Waals surface area (Å²) >= 11 is 0. The highest BCUT2D eigenvalue weighted by Crippen LogP contribution is 2.04. The Morgan fingerprint density at radius 2 is 1.78 bits per heavy atom. The molecule has 0 bridgehead atoms. The maximum absolute atomic E-state index is 11.2. The zero-order valence-electron chi connectivity index (χ0n) is 13.0. The van der Waals surface area contributed by atoms with Gasteiger partial charge in [0, 0.05) is 6.42 Å². The average Bonchev–Trinajstić information content (AvgIpc) is 2.45. The Labute approximate surface area is 113 Å². The Kier molecular flexibility index (Phi) is 25.6. The van der Waals surface area contributed by atoms with Gasteiger partial charge in [0.2, 0.25) is 0 Å². The molecule has 0 amide bonds. The third-order valence-corrected chi connectivity index (χ3v) is 1.65. The lowest BCUT2D eigenvalue weighted by molar-refractivity contribution is -0.139. The van der Waals surface area contributed by atoms with Crippen LogP contribution in [-0.4, -0.2) is 5.97 Å². The Bertz CT molecular complexity index is 237. The molecule has 0 aliphatic rings. The van der Waals surface area contributed by atoms with Crippen molar-refractivity contribution in [3.05, 3.63) is 36.6 Å². The van der Waals surface area contributed by atoms with Crippen molar-refractivity contribution in [1.82, 2.24) is 0 Å². The first-order chi connectivity index (χ1) is 8.74. The van der Waals surface area contributed by atoms with Crippen molar-refractivity contribution in [2.75, 3.05) is 0 Å². The molecule has 0 aliphatic carbocycles. The van der Waals surface area contributed by atoms with Crippen LogP contribution in [0.15, 0.2) is 36.6 Å². The monoisotopic (exact) mass is 254 g/mol.